The molecule has 0 bridgehead atoms. The summed E-state index contributed by atoms with van der Waals surface area (Å²) in [6, 6.07) is 14.0. The van der Waals surface area contributed by atoms with Crippen molar-refractivity contribution < 1.29 is 14.3 Å². The van der Waals surface area contributed by atoms with Gasteiger partial charge in [-0.1, -0.05) is 18.2 Å². The Hall–Kier alpha value is -3.65. The lowest BCUT2D eigenvalue weighted by atomic mass is 9.95. The summed E-state index contributed by atoms with van der Waals surface area (Å²) < 4.78 is 7.61. The minimum absolute atomic E-state index is 0.0207. The van der Waals surface area contributed by atoms with Gasteiger partial charge in [0, 0.05) is 41.1 Å². The van der Waals surface area contributed by atoms with Crippen LogP contribution in [0.3, 0.4) is 0 Å². The molecule has 0 atom stereocenters. The van der Waals surface area contributed by atoms with Crippen molar-refractivity contribution in [2.75, 3.05) is 14.2 Å². The van der Waals surface area contributed by atoms with Crippen LogP contribution in [0.2, 0.25) is 0 Å². The smallest absolute Gasteiger partial charge is 0.270 e. The van der Waals surface area contributed by atoms with Crippen LogP contribution >= 0.6 is 11.3 Å². The van der Waals surface area contributed by atoms with E-state index in [9.17, 15) is 9.59 Å². The van der Waals surface area contributed by atoms with Crippen LogP contribution in [0.4, 0.5) is 0 Å². The summed E-state index contributed by atoms with van der Waals surface area (Å²) in [7, 11) is 3.27. The number of thiazole rings is 1. The molecule has 1 aliphatic carbocycles. The van der Waals surface area contributed by atoms with Crippen molar-refractivity contribution in [2.24, 2.45) is 0 Å². The first-order chi connectivity index (χ1) is 17.1. The van der Waals surface area contributed by atoms with E-state index in [-0.39, 0.29) is 11.8 Å². The summed E-state index contributed by atoms with van der Waals surface area (Å²) in [6.45, 7) is 0.718. The standard InChI is InChI=1S/C27H28N4O3S/c1-28-26(33)22-16-35-27(30-22)18-7-5-6-17(12-18)14-29-25(32)15-31-23-9-4-3-8-20(23)21-13-19(34-2)10-11-24(21)31/h5-7,10-13,16H,3-4,8-9,14-15H2,1-2H3,(H,28,33)(H,29,32). The fraction of sp³-hybridized carbons (Fsp3) is 0.296. The maximum Gasteiger partial charge on any atom is 0.270 e. The average molecular weight is 489 g/mol. The van der Waals surface area contributed by atoms with Gasteiger partial charge >= 0.3 is 0 Å². The predicted molar refractivity (Wildman–Crippen MR) is 138 cm³/mol. The Morgan fingerprint density at radius 2 is 2.00 bits per heavy atom. The number of aryl methyl sites for hydroxylation is 1. The van der Waals surface area contributed by atoms with Crippen LogP contribution < -0.4 is 15.4 Å². The van der Waals surface area contributed by atoms with Crippen molar-refractivity contribution >= 4 is 34.1 Å². The third-order valence-corrected chi connectivity index (χ3v) is 7.40. The number of hydrogen-bond acceptors (Lipinski definition) is 5. The number of aromatic nitrogens is 2. The van der Waals surface area contributed by atoms with Crippen molar-refractivity contribution in [3.05, 3.63) is 70.4 Å². The topological polar surface area (TPSA) is 85.2 Å². The zero-order chi connectivity index (χ0) is 24.4. The summed E-state index contributed by atoms with van der Waals surface area (Å²) >= 11 is 1.43. The van der Waals surface area contributed by atoms with Crippen molar-refractivity contribution in [1.82, 2.24) is 20.2 Å². The fourth-order valence-corrected chi connectivity index (χ4v) is 5.57. The highest BCUT2D eigenvalue weighted by Crippen LogP contribution is 2.34. The van der Waals surface area contributed by atoms with Crippen LogP contribution in [0.1, 0.15) is 40.2 Å². The van der Waals surface area contributed by atoms with Gasteiger partial charge in [0.2, 0.25) is 5.91 Å². The first-order valence-corrected chi connectivity index (χ1v) is 12.7. The molecular formula is C27H28N4O3S. The Morgan fingerprint density at radius 3 is 2.83 bits per heavy atom. The molecule has 0 saturated heterocycles. The lowest BCUT2D eigenvalue weighted by Gasteiger charge is -2.16. The number of fused-ring (bicyclic) bond motifs is 3. The Labute approximate surface area is 208 Å². The van der Waals surface area contributed by atoms with E-state index in [0.717, 1.165) is 46.7 Å². The molecule has 180 valence electrons. The number of nitrogens with zero attached hydrogens (tertiary/aromatic N) is 2. The van der Waals surface area contributed by atoms with Gasteiger partial charge in [-0.3, -0.25) is 9.59 Å². The lowest BCUT2D eigenvalue weighted by Crippen LogP contribution is -2.28. The van der Waals surface area contributed by atoms with Crippen LogP contribution in [-0.4, -0.2) is 35.5 Å². The number of nitrogens with one attached hydrogen (secondary N) is 2. The molecule has 2 amide bonds. The zero-order valence-electron chi connectivity index (χ0n) is 19.9. The number of methoxy groups -OCH3 is 1. The second-order valence-electron chi connectivity index (χ2n) is 8.70. The molecule has 2 N–H and O–H groups in total. The van der Waals surface area contributed by atoms with Crippen molar-refractivity contribution in [2.45, 2.75) is 38.8 Å². The van der Waals surface area contributed by atoms with E-state index in [2.05, 4.69) is 32.3 Å². The number of ether oxygens (including phenoxy) is 1. The lowest BCUT2D eigenvalue weighted by molar-refractivity contribution is -0.121. The molecule has 4 aromatic rings. The van der Waals surface area contributed by atoms with E-state index in [1.165, 1.54) is 34.4 Å². The highest BCUT2D eigenvalue weighted by atomic mass is 32.1. The van der Waals surface area contributed by atoms with Gasteiger partial charge in [0.25, 0.3) is 5.91 Å². The molecule has 2 aromatic carbocycles. The number of benzene rings is 2. The van der Waals surface area contributed by atoms with Gasteiger partial charge in [0.1, 0.15) is 23.0 Å². The molecule has 0 saturated carbocycles. The number of carbonyl (C=O) groups is 2. The second-order valence-corrected chi connectivity index (χ2v) is 9.55. The SMILES string of the molecule is CNC(=O)c1csc(-c2cccc(CNC(=O)Cn3c4c(c5cc(OC)ccc53)CCCC4)c2)n1. The normalized spacial score (nSPS) is 12.9. The molecule has 0 fully saturated rings. The molecule has 7 nitrogen and oxygen atoms in total. The summed E-state index contributed by atoms with van der Waals surface area (Å²) in [5.41, 5.74) is 6.03. The van der Waals surface area contributed by atoms with Gasteiger partial charge in [-0.05, 0) is 61.1 Å². The maximum atomic E-state index is 13.0. The molecule has 35 heavy (non-hydrogen) atoms. The Kier molecular flexibility index (Phi) is 6.55. The predicted octanol–water partition coefficient (Wildman–Crippen LogP) is 4.33. The van der Waals surface area contributed by atoms with E-state index in [1.54, 1.807) is 19.5 Å². The van der Waals surface area contributed by atoms with Gasteiger partial charge in [-0.25, -0.2) is 4.98 Å². The van der Waals surface area contributed by atoms with E-state index < -0.39 is 0 Å². The molecule has 2 heterocycles. The molecule has 8 heteroatoms. The highest BCUT2D eigenvalue weighted by Gasteiger charge is 2.21. The summed E-state index contributed by atoms with van der Waals surface area (Å²) in [5, 5.41) is 9.39. The van der Waals surface area contributed by atoms with Crippen molar-refractivity contribution in [1.29, 1.82) is 0 Å². The highest BCUT2D eigenvalue weighted by molar-refractivity contribution is 7.13. The van der Waals surface area contributed by atoms with Crippen molar-refractivity contribution in [3.63, 3.8) is 0 Å². The van der Waals surface area contributed by atoms with Gasteiger partial charge in [-0.2, -0.15) is 0 Å². The Balaban J connectivity index is 1.31. The maximum absolute atomic E-state index is 13.0. The number of carbonyl (C=O) groups excluding carboxylic acids is 2. The third-order valence-electron chi connectivity index (χ3n) is 6.51. The number of rotatable bonds is 7. The van der Waals surface area contributed by atoms with Crippen LogP contribution in [0.25, 0.3) is 21.5 Å². The number of hydrogen-bond donors (Lipinski definition) is 2. The van der Waals surface area contributed by atoms with Crippen LogP contribution in [0.5, 0.6) is 5.75 Å². The van der Waals surface area contributed by atoms with Gasteiger partial charge in [-0.15, -0.1) is 11.3 Å². The third kappa shape index (κ3) is 4.66. The monoisotopic (exact) mass is 488 g/mol. The molecule has 2 aromatic heterocycles. The summed E-state index contributed by atoms with van der Waals surface area (Å²) in [4.78, 5) is 29.2. The Bertz CT molecular complexity index is 1400. The van der Waals surface area contributed by atoms with Crippen LogP contribution in [0.15, 0.2) is 47.8 Å². The average Bonchev–Trinajstić information content (AvgIpc) is 3.51. The molecule has 0 spiro atoms. The second kappa shape index (κ2) is 9.92. The fourth-order valence-electron chi connectivity index (χ4n) is 4.78. The van der Waals surface area contributed by atoms with E-state index in [1.807, 2.05) is 30.3 Å². The summed E-state index contributed by atoms with van der Waals surface area (Å²) in [5.74, 6) is 0.622. The van der Waals surface area contributed by atoms with E-state index in [0.29, 0.717) is 18.8 Å². The van der Waals surface area contributed by atoms with E-state index in [4.69, 9.17) is 4.74 Å². The zero-order valence-corrected chi connectivity index (χ0v) is 20.7. The molecule has 0 unspecified atom stereocenters. The quantitative estimate of drug-likeness (QED) is 0.406. The van der Waals surface area contributed by atoms with E-state index >= 15 is 0 Å². The molecule has 1 aliphatic rings. The molecule has 5 rings (SSSR count). The number of amides is 2. The first kappa shape index (κ1) is 23.1. The van der Waals surface area contributed by atoms with Crippen molar-refractivity contribution in [3.8, 4) is 16.3 Å². The van der Waals surface area contributed by atoms with Crippen LogP contribution in [0, 0.1) is 0 Å². The molecular weight excluding hydrogens is 460 g/mol. The first-order valence-electron chi connectivity index (χ1n) is 11.8. The summed E-state index contributed by atoms with van der Waals surface area (Å²) in [6.07, 6.45) is 4.36. The minimum atomic E-state index is -0.200. The molecule has 0 aliphatic heterocycles. The van der Waals surface area contributed by atoms with Gasteiger partial charge in [0.05, 0.1) is 7.11 Å². The largest absolute Gasteiger partial charge is 0.497 e. The van der Waals surface area contributed by atoms with Gasteiger partial charge in [0.15, 0.2) is 0 Å². The molecule has 0 radical (unpaired) electrons. The minimum Gasteiger partial charge on any atom is -0.497 e. The Morgan fingerprint density at radius 1 is 1.14 bits per heavy atom. The van der Waals surface area contributed by atoms with Crippen LogP contribution in [-0.2, 0) is 30.7 Å². The van der Waals surface area contributed by atoms with Gasteiger partial charge < -0.3 is 19.9 Å².